The molecule has 2 saturated heterocycles. The van der Waals surface area contributed by atoms with Gasteiger partial charge in [-0.15, -0.1) is 0 Å². The molecule has 65 heavy (non-hydrogen) atoms. The van der Waals surface area contributed by atoms with Crippen LogP contribution >= 0.6 is 0 Å². The van der Waals surface area contributed by atoms with E-state index in [1.807, 2.05) is 62.9 Å². The molecule has 16 heteroatoms. The van der Waals surface area contributed by atoms with Crippen molar-refractivity contribution in [1.82, 2.24) is 40.4 Å². The summed E-state index contributed by atoms with van der Waals surface area (Å²) in [6.07, 6.45) is 5.75. The normalized spacial score (nSPS) is 22.9. The van der Waals surface area contributed by atoms with E-state index in [1.54, 1.807) is 29.3 Å². The van der Waals surface area contributed by atoms with Gasteiger partial charge >= 0.3 is 12.2 Å². The molecule has 4 heterocycles. The second kappa shape index (κ2) is 15.7. The van der Waals surface area contributed by atoms with Gasteiger partial charge in [0.05, 0.1) is 49.2 Å². The maximum absolute atomic E-state index is 16.7. The number of benzene rings is 3. The highest BCUT2D eigenvalue weighted by atomic mass is 19.3. The van der Waals surface area contributed by atoms with Crippen LogP contribution in [0, 0.1) is 23.2 Å². The highest BCUT2D eigenvalue weighted by Crippen LogP contribution is 2.59. The Kier molecular flexibility index (Phi) is 10.3. The molecule has 2 aliphatic heterocycles. The van der Waals surface area contributed by atoms with Gasteiger partial charge in [0, 0.05) is 29.3 Å². The number of piperidine rings is 1. The summed E-state index contributed by atoms with van der Waals surface area (Å²) in [5, 5.41) is 5.43. The number of carbonyl (C=O) groups is 4. The number of halogens is 2. The highest BCUT2D eigenvalue weighted by Gasteiger charge is 2.56. The molecule has 2 unspecified atom stereocenters. The van der Waals surface area contributed by atoms with Gasteiger partial charge in [0.1, 0.15) is 23.7 Å². The summed E-state index contributed by atoms with van der Waals surface area (Å²) in [5.74, 6) is -2.53. The predicted octanol–water partition coefficient (Wildman–Crippen LogP) is 8.61. The standard InChI is InChI=1S/C49H54F2N8O6/c1-24(2)39(56-46(62)64-5)44(60)58-23-48(15-16-48)21-38(58)42-52-22-37(55-42)28-9-13-32-31-12-8-26(18-33(31)49(50,51)34(32)19-28)27-10-14-35-36(20-27)54-43(53-35)41-29-7-11-30(17-29)59(41)45(61)40(25(3)4)57-47(63)65-6/h8-10,12-14,18-20,22,24-25,29-30,38-41H,7,11,15-17,21,23H2,1-6H3,(H,52,55)(H,53,54)(H,56,62)(H,57,63)/t29-,30?,38-,39?,40-,41-/m0/s1. The Bertz CT molecular complexity index is 2740. The number of alkyl halides is 2. The number of amides is 4. The summed E-state index contributed by atoms with van der Waals surface area (Å²) in [6.45, 7) is 8.09. The molecule has 3 aliphatic carbocycles. The maximum atomic E-state index is 16.7. The molecule has 2 aromatic heterocycles. The number of nitrogens with zero attached hydrogens (tertiary/aromatic N) is 4. The van der Waals surface area contributed by atoms with Crippen molar-refractivity contribution < 1.29 is 37.4 Å². The number of aromatic nitrogens is 4. The van der Waals surface area contributed by atoms with Gasteiger partial charge in [0.15, 0.2) is 0 Å². The van der Waals surface area contributed by atoms with Crippen molar-refractivity contribution >= 4 is 35.0 Å². The van der Waals surface area contributed by atoms with E-state index in [9.17, 15) is 19.2 Å². The van der Waals surface area contributed by atoms with Crippen molar-refractivity contribution in [3.63, 3.8) is 0 Å². The number of rotatable bonds is 10. The number of hydrogen-bond acceptors (Lipinski definition) is 8. The van der Waals surface area contributed by atoms with Crippen LogP contribution in [-0.4, -0.2) is 92.6 Å². The number of fused-ring (bicyclic) bond motifs is 6. The zero-order valence-electron chi connectivity index (χ0n) is 37.3. The molecule has 6 atom stereocenters. The molecule has 1 spiro atoms. The average Bonchev–Trinajstić information content (AvgIpc) is 3.95. The van der Waals surface area contributed by atoms with Gasteiger partial charge in [-0.3, -0.25) is 9.59 Å². The molecule has 0 radical (unpaired) electrons. The van der Waals surface area contributed by atoms with E-state index in [0.717, 1.165) is 49.6 Å². The molecule has 3 aromatic carbocycles. The van der Waals surface area contributed by atoms with E-state index in [-0.39, 0.29) is 64.2 Å². The fourth-order valence-electron chi connectivity index (χ4n) is 11.0. The Labute approximate surface area is 375 Å². The number of ether oxygens (including phenoxy) is 2. The molecule has 2 bridgehead atoms. The van der Waals surface area contributed by atoms with Crippen molar-refractivity contribution in [3.05, 3.63) is 83.6 Å². The molecule has 14 nitrogen and oxygen atoms in total. The van der Waals surface area contributed by atoms with E-state index in [1.165, 1.54) is 20.3 Å². The third kappa shape index (κ3) is 7.19. The number of alkyl carbamates (subject to hydrolysis) is 2. The third-order valence-corrected chi connectivity index (χ3v) is 14.7. The van der Waals surface area contributed by atoms with E-state index in [2.05, 4.69) is 20.6 Å². The smallest absolute Gasteiger partial charge is 0.407 e. The third-order valence-electron chi connectivity index (χ3n) is 14.7. The van der Waals surface area contributed by atoms with Gasteiger partial charge in [-0.1, -0.05) is 58.0 Å². The van der Waals surface area contributed by atoms with Gasteiger partial charge in [-0.2, -0.15) is 8.78 Å². The second-order valence-electron chi connectivity index (χ2n) is 19.4. The van der Waals surface area contributed by atoms with E-state index >= 15 is 8.78 Å². The monoisotopic (exact) mass is 888 g/mol. The molecular formula is C49H54F2N8O6. The highest BCUT2D eigenvalue weighted by molar-refractivity contribution is 5.89. The Balaban J connectivity index is 0.896. The molecule has 340 valence electrons. The van der Waals surface area contributed by atoms with Crippen LogP contribution in [-0.2, 0) is 25.0 Å². The number of aromatic amines is 2. The van der Waals surface area contributed by atoms with Gasteiger partial charge in [-0.05, 0) is 108 Å². The lowest BCUT2D eigenvalue weighted by molar-refractivity contribution is -0.139. The minimum Gasteiger partial charge on any atom is -0.453 e. The Morgan fingerprint density at radius 1 is 0.785 bits per heavy atom. The number of carbonyl (C=O) groups excluding carboxylic acids is 4. The van der Waals surface area contributed by atoms with E-state index in [4.69, 9.17) is 19.4 Å². The minimum absolute atomic E-state index is 0.0102. The largest absolute Gasteiger partial charge is 0.453 e. The summed E-state index contributed by atoms with van der Waals surface area (Å²) in [5.41, 5.74) is 4.68. The quantitative estimate of drug-likeness (QED) is 0.108. The Hall–Kier alpha value is -6.32. The molecule has 10 rings (SSSR count). The van der Waals surface area contributed by atoms with Crippen molar-refractivity contribution in [2.45, 2.75) is 102 Å². The molecule has 4 amide bonds. The molecule has 2 saturated carbocycles. The first kappa shape index (κ1) is 42.6. The number of hydrogen-bond donors (Lipinski definition) is 4. The fourth-order valence-corrected chi connectivity index (χ4v) is 11.0. The van der Waals surface area contributed by atoms with Crippen molar-refractivity contribution in [1.29, 1.82) is 0 Å². The van der Waals surface area contributed by atoms with Crippen LogP contribution in [0.2, 0.25) is 0 Å². The van der Waals surface area contributed by atoms with E-state index < -0.39 is 30.2 Å². The number of likely N-dealkylation sites (tertiary alicyclic amines) is 2. The molecule has 4 fully saturated rings. The summed E-state index contributed by atoms with van der Waals surface area (Å²) in [4.78, 5) is 72.6. The molecule has 5 aliphatic rings. The molecular weight excluding hydrogens is 835 g/mol. The van der Waals surface area contributed by atoms with Crippen LogP contribution < -0.4 is 10.6 Å². The van der Waals surface area contributed by atoms with Crippen LogP contribution in [0.3, 0.4) is 0 Å². The number of H-pyrrole nitrogens is 2. The van der Waals surface area contributed by atoms with Crippen molar-refractivity contribution in [2.24, 2.45) is 23.2 Å². The summed E-state index contributed by atoms with van der Waals surface area (Å²) < 4.78 is 43.0. The van der Waals surface area contributed by atoms with E-state index in [0.29, 0.717) is 51.7 Å². The first-order chi connectivity index (χ1) is 31.1. The van der Waals surface area contributed by atoms with Crippen LogP contribution in [0.15, 0.2) is 60.8 Å². The second-order valence-corrected chi connectivity index (χ2v) is 19.4. The van der Waals surface area contributed by atoms with Crippen molar-refractivity contribution in [3.8, 4) is 33.5 Å². The summed E-state index contributed by atoms with van der Waals surface area (Å²) >= 11 is 0. The zero-order valence-corrected chi connectivity index (χ0v) is 37.3. The fraction of sp³-hybridized carbons (Fsp3) is 0.469. The van der Waals surface area contributed by atoms with Crippen LogP contribution in [0.5, 0.6) is 0 Å². The SMILES string of the molecule is COC(=O)NC(C(=O)N1CC2(CC2)C[C@H]1c1ncc(-c2ccc3c(c2)C(F)(F)c2cc(-c4ccc5nc([C@@H]6[C@H]7CCC(C7)N6C(=O)[C@@H](NC(=O)OC)C(C)C)[nH]c5c4)ccc2-3)[nH]1)C(C)C. The topological polar surface area (TPSA) is 175 Å². The molecule has 4 N–H and O–H groups in total. The summed E-state index contributed by atoms with van der Waals surface area (Å²) in [7, 11) is 2.54. The lowest BCUT2D eigenvalue weighted by Crippen LogP contribution is -2.54. The number of methoxy groups -OCH3 is 2. The summed E-state index contributed by atoms with van der Waals surface area (Å²) in [6, 6.07) is 13.8. The zero-order chi connectivity index (χ0) is 45.7. The lowest BCUT2D eigenvalue weighted by atomic mass is 9.95. The number of imidazole rings is 2. The lowest BCUT2D eigenvalue weighted by Gasteiger charge is -2.37. The Morgan fingerprint density at radius 3 is 2.05 bits per heavy atom. The van der Waals surface area contributed by atoms with Crippen LogP contribution in [0.4, 0.5) is 18.4 Å². The average molecular weight is 889 g/mol. The molecule has 5 aromatic rings. The predicted molar refractivity (Wildman–Crippen MR) is 237 cm³/mol. The van der Waals surface area contributed by atoms with Crippen LogP contribution in [0.1, 0.15) is 101 Å². The number of nitrogens with one attached hydrogen (secondary N) is 4. The minimum atomic E-state index is -3.29. The van der Waals surface area contributed by atoms with Crippen LogP contribution in [0.25, 0.3) is 44.5 Å². The van der Waals surface area contributed by atoms with Gasteiger partial charge in [0.25, 0.3) is 5.92 Å². The Morgan fingerprint density at radius 2 is 1.40 bits per heavy atom. The maximum Gasteiger partial charge on any atom is 0.407 e. The van der Waals surface area contributed by atoms with Gasteiger partial charge < -0.3 is 39.9 Å². The van der Waals surface area contributed by atoms with Gasteiger partial charge in [-0.25, -0.2) is 19.6 Å². The van der Waals surface area contributed by atoms with Gasteiger partial charge in [0.2, 0.25) is 11.8 Å². The first-order valence-corrected chi connectivity index (χ1v) is 22.6. The van der Waals surface area contributed by atoms with Crippen molar-refractivity contribution in [2.75, 3.05) is 20.8 Å². The first-order valence-electron chi connectivity index (χ1n) is 22.6.